The van der Waals surface area contributed by atoms with Crippen LogP contribution in [0.4, 0.5) is 0 Å². The zero-order valence-corrected chi connectivity index (χ0v) is 16.2. The molecule has 1 aromatic heterocycles. The molecule has 4 aliphatic carbocycles. The highest BCUT2D eigenvalue weighted by molar-refractivity contribution is 6.10. The minimum atomic E-state index is -0.816. The maximum Gasteiger partial charge on any atom is 0.307 e. The summed E-state index contributed by atoms with van der Waals surface area (Å²) >= 11 is 0. The summed E-state index contributed by atoms with van der Waals surface area (Å²) in [4.78, 5) is 28.6. The first-order valence-corrected chi connectivity index (χ1v) is 10.4. The van der Waals surface area contributed by atoms with Crippen molar-refractivity contribution in [3.8, 4) is 0 Å². The first-order chi connectivity index (χ1) is 13.3. The van der Waals surface area contributed by atoms with Gasteiger partial charge in [0.25, 0.3) is 0 Å². The first kappa shape index (κ1) is 17.9. The monoisotopic (exact) mass is 381 g/mol. The van der Waals surface area contributed by atoms with Crippen LogP contribution < -0.4 is 0 Å². The minimum Gasteiger partial charge on any atom is -0.454 e. The Morgan fingerprint density at radius 2 is 1.93 bits per heavy atom. The molecule has 4 saturated carbocycles. The quantitative estimate of drug-likeness (QED) is 0.606. The molecule has 4 bridgehead atoms. The van der Waals surface area contributed by atoms with E-state index in [1.165, 1.54) is 6.42 Å². The molecule has 0 amide bonds. The number of para-hydroxylation sites is 1. The zero-order valence-electron chi connectivity index (χ0n) is 16.2. The van der Waals surface area contributed by atoms with Gasteiger partial charge in [0.1, 0.15) is 0 Å². The Labute approximate surface area is 164 Å². The van der Waals surface area contributed by atoms with E-state index in [-0.39, 0.29) is 17.2 Å². The number of carbonyl (C=O) groups is 2. The van der Waals surface area contributed by atoms with Gasteiger partial charge < -0.3 is 14.8 Å². The van der Waals surface area contributed by atoms with E-state index in [1.54, 1.807) is 13.1 Å². The van der Waals surface area contributed by atoms with Gasteiger partial charge in [-0.15, -0.1) is 0 Å². The number of ether oxygens (including phenoxy) is 1. The standard InChI is InChI=1S/C23H27NO4/c1-14(21(26)18-12-24-19-5-3-2-4-17(18)19)28-20(25)11-22-7-15-6-16(8-22)10-23(27,9-15)13-22/h2-5,12,14-16,24,27H,6-11,13H2,1H3/t14-,15-,16-,22?,23?/m1/s1. The molecule has 4 fully saturated rings. The number of Topliss-reactive ketones (excluding diaryl/α,β-unsaturated/α-hetero) is 1. The zero-order chi connectivity index (χ0) is 19.5. The molecule has 5 nitrogen and oxygen atoms in total. The molecular weight excluding hydrogens is 354 g/mol. The van der Waals surface area contributed by atoms with Crippen molar-refractivity contribution in [2.24, 2.45) is 17.3 Å². The second-order valence-electron chi connectivity index (χ2n) is 9.61. The van der Waals surface area contributed by atoms with Crippen molar-refractivity contribution in [1.82, 2.24) is 4.98 Å². The molecule has 0 saturated heterocycles. The number of aromatic nitrogens is 1. The Balaban J connectivity index is 1.27. The van der Waals surface area contributed by atoms with Gasteiger partial charge in [-0.2, -0.15) is 0 Å². The molecule has 2 N–H and O–H groups in total. The van der Waals surface area contributed by atoms with Crippen molar-refractivity contribution in [3.05, 3.63) is 36.0 Å². The van der Waals surface area contributed by atoms with Gasteiger partial charge in [-0.3, -0.25) is 9.59 Å². The van der Waals surface area contributed by atoms with Crippen LogP contribution in [-0.2, 0) is 9.53 Å². The van der Waals surface area contributed by atoms with Crippen LogP contribution in [-0.4, -0.2) is 33.5 Å². The van der Waals surface area contributed by atoms with Crippen molar-refractivity contribution >= 4 is 22.7 Å². The second-order valence-corrected chi connectivity index (χ2v) is 9.61. The normalized spacial score (nSPS) is 34.5. The second kappa shape index (κ2) is 6.18. The lowest BCUT2D eigenvalue weighted by Gasteiger charge is -2.60. The third-order valence-corrected chi connectivity index (χ3v) is 7.20. The van der Waals surface area contributed by atoms with Gasteiger partial charge in [-0.1, -0.05) is 18.2 Å². The highest BCUT2D eigenvalue weighted by Gasteiger charge is 2.57. The maximum absolute atomic E-state index is 12.8. The van der Waals surface area contributed by atoms with Gasteiger partial charge in [-0.25, -0.2) is 0 Å². The third-order valence-electron chi connectivity index (χ3n) is 7.20. The summed E-state index contributed by atoms with van der Waals surface area (Å²) in [5, 5.41) is 11.7. The van der Waals surface area contributed by atoms with Crippen LogP contribution in [0.25, 0.3) is 10.9 Å². The molecule has 0 aliphatic heterocycles. The van der Waals surface area contributed by atoms with E-state index in [4.69, 9.17) is 4.74 Å². The molecule has 148 valence electrons. The summed E-state index contributed by atoms with van der Waals surface area (Å²) in [6.45, 7) is 1.65. The SMILES string of the molecule is C[C@@H](OC(=O)CC12C[C@H]3C[C@@H](CC(O)(C3)C1)C2)C(=O)c1c[nH]c2ccccc12. The van der Waals surface area contributed by atoms with Crippen LogP contribution in [0.3, 0.4) is 0 Å². The first-order valence-electron chi connectivity index (χ1n) is 10.4. The highest BCUT2D eigenvalue weighted by atomic mass is 16.5. The summed E-state index contributed by atoms with van der Waals surface area (Å²) in [6.07, 6.45) is 6.85. The Bertz CT molecular complexity index is 931. The lowest BCUT2D eigenvalue weighted by Crippen LogP contribution is -2.56. The largest absolute Gasteiger partial charge is 0.454 e. The predicted octanol–water partition coefficient (Wildman–Crippen LogP) is 4.00. The van der Waals surface area contributed by atoms with Crippen molar-refractivity contribution < 1.29 is 19.4 Å². The van der Waals surface area contributed by atoms with Gasteiger partial charge in [0.15, 0.2) is 6.10 Å². The third kappa shape index (κ3) is 2.96. The van der Waals surface area contributed by atoms with Gasteiger partial charge in [-0.05, 0) is 68.8 Å². The van der Waals surface area contributed by atoms with E-state index in [1.807, 2.05) is 24.3 Å². The molecule has 2 aromatic rings. The minimum absolute atomic E-state index is 0.139. The number of H-pyrrole nitrogens is 1. The fourth-order valence-corrected chi connectivity index (χ4v) is 6.70. The van der Waals surface area contributed by atoms with Crippen molar-refractivity contribution in [2.75, 3.05) is 0 Å². The van der Waals surface area contributed by atoms with E-state index in [9.17, 15) is 14.7 Å². The summed E-state index contributed by atoms with van der Waals surface area (Å²) in [7, 11) is 0. The summed E-state index contributed by atoms with van der Waals surface area (Å²) in [5.74, 6) is 0.565. The number of hydrogen-bond donors (Lipinski definition) is 2. The number of fused-ring (bicyclic) bond motifs is 1. The van der Waals surface area contributed by atoms with E-state index in [0.717, 1.165) is 36.6 Å². The lowest BCUT2D eigenvalue weighted by atomic mass is 9.47. The molecule has 0 radical (unpaired) electrons. The number of ketones is 1. The fourth-order valence-electron chi connectivity index (χ4n) is 6.70. The highest BCUT2D eigenvalue weighted by Crippen LogP contribution is 2.62. The maximum atomic E-state index is 12.8. The van der Waals surface area contributed by atoms with Crippen molar-refractivity contribution in [1.29, 1.82) is 0 Å². The van der Waals surface area contributed by atoms with Crippen molar-refractivity contribution in [3.63, 3.8) is 0 Å². The number of carbonyl (C=O) groups excluding carboxylic acids is 2. The summed E-state index contributed by atoms with van der Waals surface area (Å²) in [6, 6.07) is 7.61. The number of aliphatic hydroxyl groups is 1. The van der Waals surface area contributed by atoms with E-state index in [0.29, 0.717) is 30.2 Å². The lowest BCUT2D eigenvalue weighted by molar-refractivity contribution is -0.178. The Hall–Kier alpha value is -2.14. The van der Waals surface area contributed by atoms with Gasteiger partial charge in [0.2, 0.25) is 5.78 Å². The van der Waals surface area contributed by atoms with Crippen LogP contribution in [0, 0.1) is 17.3 Å². The predicted molar refractivity (Wildman–Crippen MR) is 105 cm³/mol. The number of aromatic amines is 1. The van der Waals surface area contributed by atoms with Gasteiger partial charge in [0, 0.05) is 22.7 Å². The van der Waals surface area contributed by atoms with Crippen LogP contribution in [0.1, 0.15) is 62.2 Å². The number of rotatable bonds is 5. The van der Waals surface area contributed by atoms with Crippen LogP contribution in [0.2, 0.25) is 0 Å². The van der Waals surface area contributed by atoms with E-state index in [2.05, 4.69) is 4.98 Å². The average Bonchev–Trinajstić information content (AvgIpc) is 3.02. The average molecular weight is 381 g/mol. The molecule has 1 heterocycles. The molecule has 0 spiro atoms. The van der Waals surface area contributed by atoms with Crippen LogP contribution in [0.15, 0.2) is 30.5 Å². The summed E-state index contributed by atoms with van der Waals surface area (Å²) in [5.41, 5.74) is 0.723. The molecule has 6 rings (SSSR count). The molecule has 0 unspecified atom stereocenters. The Kier molecular flexibility index (Phi) is 3.96. The number of hydrogen-bond acceptors (Lipinski definition) is 4. The number of benzene rings is 1. The van der Waals surface area contributed by atoms with E-state index >= 15 is 0 Å². The smallest absolute Gasteiger partial charge is 0.307 e. The van der Waals surface area contributed by atoms with Gasteiger partial charge in [0.05, 0.1) is 12.0 Å². The molecule has 3 atom stereocenters. The number of esters is 1. The molecule has 4 aliphatic rings. The molecule has 28 heavy (non-hydrogen) atoms. The number of nitrogens with one attached hydrogen (secondary N) is 1. The molecule has 5 heteroatoms. The summed E-state index contributed by atoms with van der Waals surface area (Å²) < 4.78 is 5.57. The topological polar surface area (TPSA) is 79.4 Å². The van der Waals surface area contributed by atoms with Crippen LogP contribution in [0.5, 0.6) is 0 Å². The molecular formula is C23H27NO4. The Morgan fingerprint density at radius 3 is 2.64 bits per heavy atom. The van der Waals surface area contributed by atoms with Gasteiger partial charge >= 0.3 is 5.97 Å². The fraction of sp³-hybridized carbons (Fsp3) is 0.565. The van der Waals surface area contributed by atoms with Crippen LogP contribution >= 0.6 is 0 Å². The molecule has 1 aromatic carbocycles. The van der Waals surface area contributed by atoms with Crippen molar-refractivity contribution in [2.45, 2.75) is 63.6 Å². The Morgan fingerprint density at radius 1 is 1.21 bits per heavy atom. The van der Waals surface area contributed by atoms with E-state index < -0.39 is 11.7 Å².